The summed E-state index contributed by atoms with van der Waals surface area (Å²) in [6.45, 7) is 8.75. The molecule has 1 aromatic heterocycles. The van der Waals surface area contributed by atoms with Gasteiger partial charge < -0.3 is 19.4 Å². The number of rotatable bonds is 9. The second-order valence-electron chi connectivity index (χ2n) is 7.18. The van der Waals surface area contributed by atoms with Crippen LogP contribution in [0.2, 0.25) is 0 Å². The van der Waals surface area contributed by atoms with Crippen LogP contribution in [0.15, 0.2) is 47.6 Å². The van der Waals surface area contributed by atoms with Gasteiger partial charge in [-0.2, -0.15) is 0 Å². The Morgan fingerprint density at radius 1 is 1.19 bits per heavy atom. The van der Waals surface area contributed by atoms with Crippen LogP contribution in [-0.2, 0) is 11.3 Å². The van der Waals surface area contributed by atoms with Gasteiger partial charge in [-0.25, -0.2) is 0 Å². The van der Waals surface area contributed by atoms with Crippen molar-refractivity contribution in [3.63, 3.8) is 0 Å². The monoisotopic (exact) mass is 440 g/mol. The Balaban J connectivity index is 1.64. The van der Waals surface area contributed by atoms with Crippen molar-refractivity contribution in [2.24, 2.45) is 0 Å². The first-order chi connectivity index (χ1) is 14.9. The number of ether oxygens (including phenoxy) is 2. The summed E-state index contributed by atoms with van der Waals surface area (Å²) in [4.78, 5) is 12.4. The fraction of sp³-hybridized carbons (Fsp3) is 0.348. The Hall–Kier alpha value is -3.00. The molecule has 0 aliphatic carbocycles. The summed E-state index contributed by atoms with van der Waals surface area (Å²) >= 11 is 1.35. The van der Waals surface area contributed by atoms with Gasteiger partial charge >= 0.3 is 0 Å². The number of carbonyl (C=O) groups is 1. The van der Waals surface area contributed by atoms with Crippen LogP contribution in [0.25, 0.3) is 0 Å². The summed E-state index contributed by atoms with van der Waals surface area (Å²) in [6.07, 6.45) is -0.270. The molecule has 1 N–H and O–H groups in total. The summed E-state index contributed by atoms with van der Waals surface area (Å²) in [5, 5.41) is 12.2. The summed E-state index contributed by atoms with van der Waals surface area (Å²) in [5.41, 5.74) is 2.97. The van der Waals surface area contributed by atoms with E-state index in [1.807, 2.05) is 55.7 Å². The summed E-state index contributed by atoms with van der Waals surface area (Å²) in [5.74, 6) is 2.36. The van der Waals surface area contributed by atoms with Crippen LogP contribution in [0.5, 0.6) is 11.5 Å². The van der Waals surface area contributed by atoms with Crippen molar-refractivity contribution >= 4 is 23.4 Å². The maximum absolute atomic E-state index is 12.4. The van der Waals surface area contributed by atoms with E-state index >= 15 is 0 Å². The SMILES string of the molecule is CCn1c(SCC(=O)Nc2cccc(OC)c2)nnc1C(C)Oc1ccc(C)cc1C. The fourth-order valence-electron chi connectivity index (χ4n) is 3.21. The van der Waals surface area contributed by atoms with E-state index in [4.69, 9.17) is 9.47 Å². The third-order valence-electron chi connectivity index (χ3n) is 4.75. The third kappa shape index (κ3) is 5.79. The molecule has 3 rings (SSSR count). The zero-order valence-corrected chi connectivity index (χ0v) is 19.3. The van der Waals surface area contributed by atoms with E-state index in [9.17, 15) is 4.79 Å². The average molecular weight is 441 g/mol. The number of amides is 1. The summed E-state index contributed by atoms with van der Waals surface area (Å²) < 4.78 is 13.3. The van der Waals surface area contributed by atoms with E-state index in [0.29, 0.717) is 23.1 Å². The Morgan fingerprint density at radius 3 is 2.71 bits per heavy atom. The largest absolute Gasteiger partial charge is 0.497 e. The molecule has 1 amide bonds. The van der Waals surface area contributed by atoms with Gasteiger partial charge in [0, 0.05) is 18.3 Å². The molecule has 1 heterocycles. The van der Waals surface area contributed by atoms with E-state index in [-0.39, 0.29) is 17.8 Å². The average Bonchev–Trinajstić information content (AvgIpc) is 3.17. The predicted octanol–water partition coefficient (Wildman–Crippen LogP) is 4.79. The number of anilines is 1. The zero-order chi connectivity index (χ0) is 22.4. The first-order valence-corrected chi connectivity index (χ1v) is 11.1. The molecule has 1 unspecified atom stereocenters. The van der Waals surface area contributed by atoms with E-state index in [1.54, 1.807) is 13.2 Å². The Labute approximate surface area is 187 Å². The van der Waals surface area contributed by atoms with Gasteiger partial charge in [-0.05, 0) is 51.5 Å². The highest BCUT2D eigenvalue weighted by Gasteiger charge is 2.20. The lowest BCUT2D eigenvalue weighted by atomic mass is 10.1. The lowest BCUT2D eigenvalue weighted by Crippen LogP contribution is -2.15. The Bertz CT molecular complexity index is 1050. The first-order valence-electron chi connectivity index (χ1n) is 10.1. The molecular weight excluding hydrogens is 412 g/mol. The van der Waals surface area contributed by atoms with Crippen molar-refractivity contribution in [3.05, 3.63) is 59.4 Å². The summed E-state index contributed by atoms with van der Waals surface area (Å²) in [7, 11) is 1.59. The van der Waals surface area contributed by atoms with Crippen molar-refractivity contribution < 1.29 is 14.3 Å². The molecule has 31 heavy (non-hydrogen) atoms. The Morgan fingerprint density at radius 2 is 2.00 bits per heavy atom. The van der Waals surface area contributed by atoms with Crippen molar-refractivity contribution in [3.8, 4) is 11.5 Å². The number of thioether (sulfide) groups is 1. The van der Waals surface area contributed by atoms with Crippen LogP contribution in [0.4, 0.5) is 5.69 Å². The van der Waals surface area contributed by atoms with Gasteiger partial charge in [0.15, 0.2) is 17.1 Å². The molecule has 0 fully saturated rings. The second-order valence-corrected chi connectivity index (χ2v) is 8.13. The van der Waals surface area contributed by atoms with Gasteiger partial charge in [0.25, 0.3) is 0 Å². The quantitative estimate of drug-likeness (QED) is 0.482. The number of aryl methyl sites for hydroxylation is 2. The second kappa shape index (κ2) is 10.3. The number of hydrogen-bond acceptors (Lipinski definition) is 6. The molecule has 1 atom stereocenters. The van der Waals surface area contributed by atoms with Crippen molar-refractivity contribution in [2.75, 3.05) is 18.2 Å². The molecule has 3 aromatic rings. The van der Waals surface area contributed by atoms with Gasteiger partial charge in [-0.15, -0.1) is 10.2 Å². The number of methoxy groups -OCH3 is 1. The summed E-state index contributed by atoms with van der Waals surface area (Å²) in [6, 6.07) is 13.4. The predicted molar refractivity (Wildman–Crippen MR) is 123 cm³/mol. The molecule has 0 aliphatic rings. The zero-order valence-electron chi connectivity index (χ0n) is 18.5. The molecular formula is C23H28N4O3S. The highest BCUT2D eigenvalue weighted by molar-refractivity contribution is 7.99. The molecule has 0 spiro atoms. The topological polar surface area (TPSA) is 78.3 Å². The minimum atomic E-state index is -0.270. The van der Waals surface area contributed by atoms with Crippen molar-refractivity contribution in [1.82, 2.24) is 14.8 Å². The van der Waals surface area contributed by atoms with E-state index in [1.165, 1.54) is 17.3 Å². The number of nitrogens with one attached hydrogen (secondary N) is 1. The lowest BCUT2D eigenvalue weighted by molar-refractivity contribution is -0.113. The molecule has 0 bridgehead atoms. The van der Waals surface area contributed by atoms with Gasteiger partial charge in [-0.1, -0.05) is 35.5 Å². The van der Waals surface area contributed by atoms with Crippen LogP contribution in [0.3, 0.4) is 0 Å². The molecule has 2 aromatic carbocycles. The molecule has 0 saturated heterocycles. The lowest BCUT2D eigenvalue weighted by Gasteiger charge is -2.17. The molecule has 0 aliphatic heterocycles. The standard InChI is InChI=1S/C23H28N4O3S/c1-6-27-22(17(4)30-20-11-10-15(2)12-16(20)3)25-26-23(27)31-14-21(28)24-18-8-7-9-19(13-18)29-5/h7-13,17H,6,14H2,1-5H3,(H,24,28). The third-order valence-corrected chi connectivity index (χ3v) is 5.71. The van der Waals surface area contributed by atoms with Crippen LogP contribution < -0.4 is 14.8 Å². The molecule has 164 valence electrons. The smallest absolute Gasteiger partial charge is 0.234 e. The Kier molecular flexibility index (Phi) is 7.57. The van der Waals surface area contributed by atoms with Crippen LogP contribution >= 0.6 is 11.8 Å². The fourth-order valence-corrected chi connectivity index (χ4v) is 4.02. The highest BCUT2D eigenvalue weighted by atomic mass is 32.2. The minimum absolute atomic E-state index is 0.120. The highest BCUT2D eigenvalue weighted by Crippen LogP contribution is 2.27. The van der Waals surface area contributed by atoms with Crippen LogP contribution in [0, 0.1) is 13.8 Å². The molecule has 7 nitrogen and oxygen atoms in total. The van der Waals surface area contributed by atoms with Gasteiger partial charge in [-0.3, -0.25) is 4.79 Å². The van der Waals surface area contributed by atoms with E-state index in [2.05, 4.69) is 28.5 Å². The van der Waals surface area contributed by atoms with Crippen LogP contribution in [-0.4, -0.2) is 33.5 Å². The normalized spacial score (nSPS) is 11.8. The number of hydrogen-bond donors (Lipinski definition) is 1. The van der Waals surface area contributed by atoms with E-state index in [0.717, 1.165) is 17.1 Å². The minimum Gasteiger partial charge on any atom is -0.497 e. The van der Waals surface area contributed by atoms with Crippen molar-refractivity contribution in [1.29, 1.82) is 0 Å². The number of carbonyl (C=O) groups excluding carboxylic acids is 1. The number of nitrogens with zero attached hydrogens (tertiary/aromatic N) is 3. The van der Waals surface area contributed by atoms with Gasteiger partial charge in [0.05, 0.1) is 12.9 Å². The number of benzene rings is 2. The maximum Gasteiger partial charge on any atom is 0.234 e. The molecule has 0 saturated carbocycles. The van der Waals surface area contributed by atoms with Gasteiger partial charge in [0.1, 0.15) is 11.5 Å². The molecule has 8 heteroatoms. The van der Waals surface area contributed by atoms with Crippen LogP contribution in [0.1, 0.15) is 36.9 Å². The number of aromatic nitrogens is 3. The van der Waals surface area contributed by atoms with Crippen molar-refractivity contribution in [2.45, 2.75) is 45.5 Å². The van der Waals surface area contributed by atoms with Gasteiger partial charge in [0.2, 0.25) is 5.91 Å². The van der Waals surface area contributed by atoms with E-state index < -0.39 is 0 Å². The molecule has 0 radical (unpaired) electrons. The maximum atomic E-state index is 12.4. The first kappa shape index (κ1) is 22.7.